The van der Waals surface area contributed by atoms with Crippen molar-refractivity contribution in [3.05, 3.63) is 89.0 Å². The number of amides is 2. The number of benzene rings is 3. The minimum Gasteiger partial charge on any atom is -0.493 e. The van der Waals surface area contributed by atoms with Gasteiger partial charge in [-0.3, -0.25) is 9.59 Å². The monoisotopic (exact) mass is 521 g/mol. The molecule has 198 valence electrons. The Morgan fingerprint density at radius 3 is 2.08 bits per heavy atom. The number of likely N-dealkylation sites (N-methyl/N-ethyl adjacent to an activating group) is 1. The van der Waals surface area contributed by atoms with Crippen molar-refractivity contribution in [2.75, 3.05) is 52.3 Å². The van der Waals surface area contributed by atoms with Crippen molar-refractivity contribution in [1.29, 1.82) is 0 Å². The Morgan fingerprint density at radius 2 is 1.45 bits per heavy atom. The van der Waals surface area contributed by atoms with Crippen molar-refractivity contribution >= 4 is 17.5 Å². The smallest absolute Gasteiger partial charge is 0.254 e. The third kappa shape index (κ3) is 4.31. The van der Waals surface area contributed by atoms with Gasteiger partial charge in [-0.05, 0) is 35.9 Å². The molecule has 9 heteroatoms. The molecule has 2 amide bonds. The highest BCUT2D eigenvalue weighted by Crippen LogP contribution is 2.46. The molecule has 0 spiro atoms. The lowest BCUT2D eigenvalue weighted by molar-refractivity contribution is -0.134. The van der Waals surface area contributed by atoms with Crippen molar-refractivity contribution in [2.45, 2.75) is 12.0 Å². The van der Waals surface area contributed by atoms with Gasteiger partial charge in [0, 0.05) is 44.4 Å². The number of carbonyl (C=O) groups is 2. The summed E-state index contributed by atoms with van der Waals surface area (Å²) in [6.07, 6.45) is 0. The molecule has 0 aromatic heterocycles. The Kier molecular flexibility index (Phi) is 6.93. The van der Waals surface area contributed by atoms with Crippen molar-refractivity contribution in [3.8, 4) is 11.5 Å². The van der Waals surface area contributed by atoms with Crippen LogP contribution in [0.2, 0.25) is 0 Å². The van der Waals surface area contributed by atoms with Gasteiger partial charge in [0.2, 0.25) is 5.91 Å². The fraction of sp³-hybridized carbons (Fsp3) is 0.310. The Balaban J connectivity index is 1.55. The quantitative estimate of drug-likeness (QED) is 0.503. The third-order valence-corrected chi connectivity index (χ3v) is 7.45. The number of para-hydroxylation sites is 1. The van der Waals surface area contributed by atoms with Crippen LogP contribution in [0, 0.1) is 11.6 Å². The molecule has 2 aliphatic heterocycles. The fourth-order valence-corrected chi connectivity index (χ4v) is 5.49. The number of anilines is 1. The van der Waals surface area contributed by atoms with Crippen molar-refractivity contribution < 1.29 is 27.8 Å². The van der Waals surface area contributed by atoms with Crippen molar-refractivity contribution in [1.82, 2.24) is 9.80 Å². The van der Waals surface area contributed by atoms with Crippen LogP contribution < -0.4 is 14.4 Å². The number of hydrogen-bond acceptors (Lipinski definition) is 5. The van der Waals surface area contributed by atoms with Crippen LogP contribution in [0.5, 0.6) is 11.5 Å². The Morgan fingerprint density at radius 1 is 0.842 bits per heavy atom. The van der Waals surface area contributed by atoms with Crippen LogP contribution in [-0.4, -0.2) is 69.1 Å². The van der Waals surface area contributed by atoms with E-state index in [1.807, 2.05) is 4.90 Å². The molecule has 0 aliphatic carbocycles. The Labute approximate surface area is 220 Å². The predicted octanol–water partition coefficient (Wildman–Crippen LogP) is 4.24. The molecule has 2 heterocycles. The van der Waals surface area contributed by atoms with Crippen LogP contribution in [0.1, 0.15) is 33.4 Å². The number of nitrogens with zero attached hydrogens (tertiary/aromatic N) is 3. The van der Waals surface area contributed by atoms with E-state index >= 15 is 4.39 Å². The number of fused-ring (bicyclic) bond motifs is 1. The molecule has 3 aromatic carbocycles. The number of carbonyl (C=O) groups excluding carboxylic acids is 2. The lowest BCUT2D eigenvalue weighted by Crippen LogP contribution is -2.53. The van der Waals surface area contributed by atoms with Gasteiger partial charge >= 0.3 is 0 Å². The molecule has 2 unspecified atom stereocenters. The van der Waals surface area contributed by atoms with Gasteiger partial charge in [0.15, 0.2) is 11.5 Å². The first-order valence-corrected chi connectivity index (χ1v) is 12.4. The molecule has 5 rings (SSSR count). The number of hydrogen-bond donors (Lipinski definition) is 0. The van der Waals surface area contributed by atoms with Gasteiger partial charge in [0.05, 0.1) is 31.9 Å². The van der Waals surface area contributed by atoms with E-state index in [1.54, 1.807) is 60.5 Å². The molecule has 2 aliphatic rings. The van der Waals surface area contributed by atoms with Crippen LogP contribution in [0.4, 0.5) is 14.5 Å². The number of piperazine rings is 1. The van der Waals surface area contributed by atoms with E-state index in [0.717, 1.165) is 0 Å². The first-order chi connectivity index (χ1) is 18.3. The lowest BCUT2D eigenvalue weighted by atomic mass is 9.78. The highest BCUT2D eigenvalue weighted by atomic mass is 19.1. The van der Waals surface area contributed by atoms with Crippen molar-refractivity contribution in [3.63, 3.8) is 0 Å². The molecule has 0 N–H and O–H groups in total. The SMILES string of the molecule is COc1cc2c(cc1OC)C(C(=O)N1CCN(c3ccccc3F)CC1)C(c1ccccc1F)N(C)C2=O. The standard InChI is InChI=1S/C29H29F2N3O4/c1-32-27(18-8-4-5-9-21(18)30)26(19-16-24(37-2)25(38-3)17-20(19)28(32)35)29(36)34-14-12-33(13-15-34)23-11-7-6-10-22(23)31/h4-11,16-17,26-27H,12-15H2,1-3H3. The van der Waals surface area contributed by atoms with Crippen LogP contribution in [0.3, 0.4) is 0 Å². The van der Waals surface area contributed by atoms with Gasteiger partial charge in [-0.15, -0.1) is 0 Å². The van der Waals surface area contributed by atoms with Crippen LogP contribution in [0.15, 0.2) is 60.7 Å². The molecule has 1 fully saturated rings. The van der Waals surface area contributed by atoms with E-state index in [1.165, 1.54) is 31.3 Å². The van der Waals surface area contributed by atoms with Crippen LogP contribution in [0.25, 0.3) is 0 Å². The lowest BCUT2D eigenvalue weighted by Gasteiger charge is -2.43. The maximum atomic E-state index is 15.1. The summed E-state index contributed by atoms with van der Waals surface area (Å²) in [4.78, 5) is 32.8. The molecular weight excluding hydrogens is 492 g/mol. The highest BCUT2D eigenvalue weighted by Gasteiger charge is 2.46. The zero-order valence-corrected chi connectivity index (χ0v) is 21.5. The van der Waals surface area contributed by atoms with E-state index in [4.69, 9.17) is 9.47 Å². The zero-order valence-electron chi connectivity index (χ0n) is 21.5. The zero-order chi connectivity index (χ0) is 27.0. The molecule has 2 atom stereocenters. The number of ether oxygens (including phenoxy) is 2. The van der Waals surface area contributed by atoms with E-state index in [0.29, 0.717) is 54.5 Å². The van der Waals surface area contributed by atoms with E-state index in [9.17, 15) is 14.0 Å². The van der Waals surface area contributed by atoms with Gasteiger partial charge in [-0.2, -0.15) is 0 Å². The molecule has 7 nitrogen and oxygen atoms in total. The molecule has 0 bridgehead atoms. The third-order valence-electron chi connectivity index (χ3n) is 7.45. The summed E-state index contributed by atoms with van der Waals surface area (Å²) < 4.78 is 40.4. The Hall–Kier alpha value is -4.14. The van der Waals surface area contributed by atoms with E-state index in [2.05, 4.69) is 0 Å². The minimum atomic E-state index is -0.885. The summed E-state index contributed by atoms with van der Waals surface area (Å²) >= 11 is 0. The second kappa shape index (κ2) is 10.3. The number of rotatable bonds is 5. The molecule has 1 saturated heterocycles. The average Bonchev–Trinajstić information content (AvgIpc) is 2.94. The second-order valence-electron chi connectivity index (χ2n) is 9.42. The normalized spacial score (nSPS) is 19.3. The summed E-state index contributed by atoms with van der Waals surface area (Å²) in [6.45, 7) is 1.59. The van der Waals surface area contributed by atoms with Gasteiger partial charge in [0.1, 0.15) is 11.6 Å². The van der Waals surface area contributed by atoms with Crippen molar-refractivity contribution in [2.24, 2.45) is 0 Å². The summed E-state index contributed by atoms with van der Waals surface area (Å²) in [5.41, 5.74) is 1.52. The first-order valence-electron chi connectivity index (χ1n) is 12.4. The fourth-order valence-electron chi connectivity index (χ4n) is 5.49. The molecule has 3 aromatic rings. The maximum absolute atomic E-state index is 15.1. The predicted molar refractivity (Wildman–Crippen MR) is 139 cm³/mol. The summed E-state index contributed by atoms with van der Waals surface area (Å²) in [5, 5.41) is 0. The van der Waals surface area contributed by atoms with Gasteiger partial charge < -0.3 is 24.2 Å². The highest BCUT2D eigenvalue weighted by molar-refractivity contribution is 6.02. The van der Waals surface area contributed by atoms with Crippen LogP contribution in [-0.2, 0) is 4.79 Å². The summed E-state index contributed by atoms with van der Waals surface area (Å²) in [6, 6.07) is 15.1. The second-order valence-corrected chi connectivity index (χ2v) is 9.42. The largest absolute Gasteiger partial charge is 0.493 e. The first kappa shape index (κ1) is 25.5. The van der Waals surface area contributed by atoms with Crippen LogP contribution >= 0.6 is 0 Å². The van der Waals surface area contributed by atoms with Gasteiger partial charge in [-0.1, -0.05) is 30.3 Å². The molecule has 0 radical (unpaired) electrons. The number of methoxy groups -OCH3 is 2. The van der Waals surface area contributed by atoms with Gasteiger partial charge in [0.25, 0.3) is 5.91 Å². The molecule has 0 saturated carbocycles. The topological polar surface area (TPSA) is 62.3 Å². The van der Waals surface area contributed by atoms with E-state index < -0.39 is 17.8 Å². The summed E-state index contributed by atoms with van der Waals surface area (Å²) in [5.74, 6) is -1.54. The average molecular weight is 522 g/mol. The van der Waals surface area contributed by atoms with E-state index in [-0.39, 0.29) is 23.2 Å². The minimum absolute atomic E-state index is 0.237. The number of halogens is 2. The Bertz CT molecular complexity index is 1370. The van der Waals surface area contributed by atoms with Gasteiger partial charge in [-0.25, -0.2) is 8.78 Å². The molecular formula is C29H29F2N3O4. The maximum Gasteiger partial charge on any atom is 0.254 e. The molecule has 38 heavy (non-hydrogen) atoms. The summed E-state index contributed by atoms with van der Waals surface area (Å²) in [7, 11) is 4.53.